The number of hydrogen-bond acceptors (Lipinski definition) is 5. The van der Waals surface area contributed by atoms with E-state index in [0.29, 0.717) is 37.7 Å². The summed E-state index contributed by atoms with van der Waals surface area (Å²) in [6.07, 6.45) is -0.572. The molecule has 3 aromatic rings. The van der Waals surface area contributed by atoms with Crippen molar-refractivity contribution in [3.63, 3.8) is 0 Å². The van der Waals surface area contributed by atoms with Crippen molar-refractivity contribution < 1.29 is 27.5 Å². The molecule has 38 heavy (non-hydrogen) atoms. The van der Waals surface area contributed by atoms with E-state index in [0.717, 1.165) is 40.9 Å². The van der Waals surface area contributed by atoms with Crippen LogP contribution in [0.15, 0.2) is 48.8 Å². The molecule has 1 fully saturated rings. The van der Waals surface area contributed by atoms with E-state index in [1.807, 2.05) is 19.9 Å². The number of carbonyl (C=O) groups is 2. The number of aromatic nitrogens is 2. The Balaban J connectivity index is 1.48. The molecule has 198 valence electrons. The molecule has 7 nitrogen and oxygen atoms in total. The number of nitrogens with zero attached hydrogens (tertiary/aromatic N) is 3. The quantitative estimate of drug-likeness (QED) is 0.480. The maximum absolute atomic E-state index is 13.2. The van der Waals surface area contributed by atoms with Crippen LogP contribution in [0.1, 0.15) is 52.9 Å². The number of rotatable bonds is 4. The third-order valence-electron chi connectivity index (χ3n) is 7.20. The van der Waals surface area contributed by atoms with Gasteiger partial charge in [0.1, 0.15) is 11.5 Å². The van der Waals surface area contributed by atoms with Gasteiger partial charge in [-0.2, -0.15) is 13.2 Å². The minimum absolute atomic E-state index is 0.00737. The van der Waals surface area contributed by atoms with Crippen LogP contribution in [-0.2, 0) is 15.7 Å². The smallest absolute Gasteiger partial charge is 0.381 e. The zero-order valence-corrected chi connectivity index (χ0v) is 21.0. The topological polar surface area (TPSA) is 84.4 Å². The standard InChI is InChI=1S/C28H27F3N4O3/c1-3-35-25-23(20-7-10-38-11-8-21(20)27(35)37)12-18(15-33-25)22-14-19(5-4-16(22)2)34-26(36)17-6-9-32-24(13-17)28(29,30)31/h4-6,9,12-15,20-21H,3,7-8,10-11H2,1-2H3,(H,34,36). The van der Waals surface area contributed by atoms with Crippen LogP contribution in [0, 0.1) is 12.8 Å². The summed E-state index contributed by atoms with van der Waals surface area (Å²) in [5.74, 6) is -0.0654. The first-order valence-corrected chi connectivity index (χ1v) is 12.5. The fraction of sp³-hybridized carbons (Fsp3) is 0.357. The molecule has 5 rings (SSSR count). The Morgan fingerprint density at radius 2 is 1.87 bits per heavy atom. The Kier molecular flexibility index (Phi) is 6.92. The average Bonchev–Trinajstić information content (AvgIpc) is 3.16. The van der Waals surface area contributed by atoms with Gasteiger partial charge in [0.2, 0.25) is 5.91 Å². The lowest BCUT2D eigenvalue weighted by Crippen LogP contribution is -2.44. The van der Waals surface area contributed by atoms with E-state index in [9.17, 15) is 22.8 Å². The normalized spacial score (nSPS) is 19.4. The number of alkyl halides is 3. The van der Waals surface area contributed by atoms with Crippen LogP contribution in [0.4, 0.5) is 24.7 Å². The number of amides is 2. The van der Waals surface area contributed by atoms with E-state index in [-0.39, 0.29) is 23.3 Å². The van der Waals surface area contributed by atoms with Gasteiger partial charge in [-0.1, -0.05) is 6.07 Å². The Morgan fingerprint density at radius 1 is 1.11 bits per heavy atom. The molecule has 10 heteroatoms. The number of benzene rings is 1. The molecule has 1 saturated heterocycles. The van der Waals surface area contributed by atoms with Crippen LogP contribution >= 0.6 is 0 Å². The minimum Gasteiger partial charge on any atom is -0.381 e. The van der Waals surface area contributed by atoms with Crippen LogP contribution in [0.25, 0.3) is 11.1 Å². The van der Waals surface area contributed by atoms with E-state index in [4.69, 9.17) is 9.72 Å². The maximum atomic E-state index is 13.2. The van der Waals surface area contributed by atoms with Crippen LogP contribution < -0.4 is 10.2 Å². The lowest BCUT2D eigenvalue weighted by atomic mass is 9.78. The molecule has 2 aromatic heterocycles. The molecule has 4 heterocycles. The number of nitrogens with one attached hydrogen (secondary N) is 1. The van der Waals surface area contributed by atoms with E-state index < -0.39 is 17.8 Å². The van der Waals surface area contributed by atoms with E-state index in [1.54, 1.807) is 23.2 Å². The summed E-state index contributed by atoms with van der Waals surface area (Å²) >= 11 is 0. The van der Waals surface area contributed by atoms with Crippen molar-refractivity contribution in [3.8, 4) is 11.1 Å². The summed E-state index contributed by atoms with van der Waals surface area (Å²) in [5, 5.41) is 2.69. The third kappa shape index (κ3) is 4.88. The highest BCUT2D eigenvalue weighted by Crippen LogP contribution is 2.44. The zero-order valence-electron chi connectivity index (χ0n) is 21.0. The molecule has 1 N–H and O–H groups in total. The van der Waals surface area contributed by atoms with Gasteiger partial charge in [-0.15, -0.1) is 0 Å². The average molecular weight is 525 g/mol. The molecule has 2 aliphatic rings. The predicted molar refractivity (Wildman–Crippen MR) is 136 cm³/mol. The summed E-state index contributed by atoms with van der Waals surface area (Å²) in [7, 11) is 0. The van der Waals surface area contributed by atoms with Gasteiger partial charge >= 0.3 is 6.18 Å². The minimum atomic E-state index is -4.65. The number of ether oxygens (including phenoxy) is 1. The Hall–Kier alpha value is -3.79. The molecule has 0 saturated carbocycles. The van der Waals surface area contributed by atoms with Crippen molar-refractivity contribution in [1.82, 2.24) is 9.97 Å². The molecular formula is C28H27F3N4O3. The summed E-state index contributed by atoms with van der Waals surface area (Å²) in [4.78, 5) is 35.7. The summed E-state index contributed by atoms with van der Waals surface area (Å²) in [5.41, 5.74) is 2.76. The van der Waals surface area contributed by atoms with Crippen LogP contribution in [-0.4, -0.2) is 41.5 Å². The van der Waals surface area contributed by atoms with Gasteiger partial charge in [-0.25, -0.2) is 4.98 Å². The second kappa shape index (κ2) is 10.2. The first kappa shape index (κ1) is 25.8. The van der Waals surface area contributed by atoms with Gasteiger partial charge in [0.25, 0.3) is 5.91 Å². The molecule has 0 aliphatic carbocycles. The molecule has 1 aromatic carbocycles. The van der Waals surface area contributed by atoms with Crippen LogP contribution in [0.2, 0.25) is 0 Å². The number of aryl methyl sites for hydroxylation is 1. The van der Waals surface area contributed by atoms with Gasteiger partial charge in [-0.3, -0.25) is 19.5 Å². The highest BCUT2D eigenvalue weighted by atomic mass is 19.4. The lowest BCUT2D eigenvalue weighted by Gasteiger charge is -2.37. The van der Waals surface area contributed by atoms with Gasteiger partial charge < -0.3 is 10.1 Å². The highest BCUT2D eigenvalue weighted by molar-refractivity contribution is 6.04. The second-order valence-corrected chi connectivity index (χ2v) is 9.53. The van der Waals surface area contributed by atoms with Crippen molar-refractivity contribution >= 4 is 23.3 Å². The molecule has 2 amide bonds. The largest absolute Gasteiger partial charge is 0.433 e. The van der Waals surface area contributed by atoms with Crippen molar-refractivity contribution in [2.75, 3.05) is 30.0 Å². The number of hydrogen-bond donors (Lipinski definition) is 1. The summed E-state index contributed by atoms with van der Waals surface area (Å²) in [6.45, 7) is 5.52. The fourth-order valence-corrected chi connectivity index (χ4v) is 5.26. The first-order valence-electron chi connectivity index (χ1n) is 12.5. The second-order valence-electron chi connectivity index (χ2n) is 9.53. The van der Waals surface area contributed by atoms with Gasteiger partial charge in [0.05, 0.1) is 0 Å². The van der Waals surface area contributed by atoms with E-state index in [2.05, 4.69) is 16.4 Å². The number of fused-ring (bicyclic) bond motifs is 3. The Morgan fingerprint density at radius 3 is 2.61 bits per heavy atom. The summed E-state index contributed by atoms with van der Waals surface area (Å²) in [6, 6.07) is 9.34. The molecule has 0 bridgehead atoms. The zero-order chi connectivity index (χ0) is 27.0. The van der Waals surface area contributed by atoms with Crippen LogP contribution in [0.3, 0.4) is 0 Å². The molecule has 2 aliphatic heterocycles. The predicted octanol–water partition coefficient (Wildman–Crippen LogP) is 5.60. The van der Waals surface area contributed by atoms with Gasteiger partial charge in [0.15, 0.2) is 0 Å². The number of anilines is 2. The van der Waals surface area contributed by atoms with Gasteiger partial charge in [-0.05, 0) is 73.7 Å². The Labute approximate surface area is 218 Å². The van der Waals surface area contributed by atoms with Gasteiger partial charge in [0, 0.05) is 60.8 Å². The van der Waals surface area contributed by atoms with Crippen molar-refractivity contribution in [2.45, 2.75) is 38.8 Å². The molecular weight excluding hydrogens is 497 g/mol. The fourth-order valence-electron chi connectivity index (χ4n) is 5.26. The lowest BCUT2D eigenvalue weighted by molar-refractivity contribution is -0.141. The van der Waals surface area contributed by atoms with E-state index in [1.165, 1.54) is 6.07 Å². The number of pyridine rings is 2. The monoisotopic (exact) mass is 524 g/mol. The molecule has 2 atom stereocenters. The molecule has 0 spiro atoms. The third-order valence-corrected chi connectivity index (χ3v) is 7.20. The maximum Gasteiger partial charge on any atom is 0.433 e. The first-order chi connectivity index (χ1) is 18.2. The highest BCUT2D eigenvalue weighted by Gasteiger charge is 2.41. The summed E-state index contributed by atoms with van der Waals surface area (Å²) < 4.78 is 44.8. The number of carbonyl (C=O) groups excluding carboxylic acids is 2. The molecule has 0 radical (unpaired) electrons. The van der Waals surface area contributed by atoms with Crippen LogP contribution in [0.5, 0.6) is 0 Å². The SMILES string of the molecule is CCN1C(=O)C2CCOCCC2c2cc(-c3cc(NC(=O)c4ccnc(C(F)(F)F)c4)ccc3C)cnc21. The van der Waals surface area contributed by atoms with E-state index >= 15 is 0 Å². The Bertz CT molecular complexity index is 1390. The van der Waals surface area contributed by atoms with Crippen molar-refractivity contribution in [3.05, 3.63) is 71.2 Å². The van der Waals surface area contributed by atoms with Crippen molar-refractivity contribution in [2.24, 2.45) is 5.92 Å². The van der Waals surface area contributed by atoms with Crippen molar-refractivity contribution in [1.29, 1.82) is 0 Å². The number of halogens is 3. The molecule has 2 unspecified atom stereocenters.